The lowest BCUT2D eigenvalue weighted by atomic mass is 9.93. The molecule has 140 valence electrons. The van der Waals surface area contributed by atoms with Gasteiger partial charge in [-0.05, 0) is 43.5 Å². The summed E-state index contributed by atoms with van der Waals surface area (Å²) in [6.45, 7) is 7.86. The molecular formula is C20H23N5O2. The van der Waals surface area contributed by atoms with Gasteiger partial charge in [0.05, 0.1) is 42.8 Å². The summed E-state index contributed by atoms with van der Waals surface area (Å²) in [6.07, 6.45) is 3.49. The lowest BCUT2D eigenvalue weighted by Crippen LogP contribution is -2.30. The van der Waals surface area contributed by atoms with Gasteiger partial charge in [-0.3, -0.25) is 4.79 Å². The topological polar surface area (TPSA) is 86.3 Å². The number of hydrogen-bond donors (Lipinski definition) is 1. The predicted molar refractivity (Wildman–Crippen MR) is 105 cm³/mol. The molecule has 1 aliphatic heterocycles. The Morgan fingerprint density at radius 1 is 1.19 bits per heavy atom. The second kappa shape index (κ2) is 6.26. The van der Waals surface area contributed by atoms with E-state index in [2.05, 4.69) is 46.3 Å². The predicted octanol–water partition coefficient (Wildman–Crippen LogP) is 2.81. The number of rotatable bonds is 3. The zero-order valence-corrected chi connectivity index (χ0v) is 16.0. The van der Waals surface area contributed by atoms with Crippen LogP contribution in [0.15, 0.2) is 18.5 Å². The number of nitrogens with zero attached hydrogens (tertiary/aromatic N) is 4. The summed E-state index contributed by atoms with van der Waals surface area (Å²) >= 11 is 0. The summed E-state index contributed by atoms with van der Waals surface area (Å²) in [5, 5.41) is 1.16. The fraction of sp³-hybridized carbons (Fsp3) is 0.350. The number of hydrogen-bond acceptors (Lipinski definition) is 6. The number of nitrogen functional groups attached to an aromatic ring is 1. The Hall–Kier alpha value is -3.09. The van der Waals surface area contributed by atoms with Gasteiger partial charge in [-0.1, -0.05) is 0 Å². The second-order valence-corrected chi connectivity index (χ2v) is 7.00. The van der Waals surface area contributed by atoms with Crippen molar-refractivity contribution in [2.24, 2.45) is 0 Å². The molecule has 1 aromatic carbocycles. The van der Waals surface area contributed by atoms with Crippen molar-refractivity contribution in [1.29, 1.82) is 0 Å². The Balaban J connectivity index is 2.00. The molecular weight excluding hydrogens is 342 g/mol. The standard InChI is InChI=1S/C20H23N5O2/c1-11-7-16-12(2)15(8-17(26)27-4)13(3)18-19(16)24(11)5-6-25(18)20-22-9-14(21)10-23-20/h7,9-10H,5-6,8,21H2,1-4H3. The number of esters is 1. The van der Waals surface area contributed by atoms with Crippen LogP contribution in [0.25, 0.3) is 10.9 Å². The fourth-order valence-corrected chi connectivity index (χ4v) is 4.06. The highest BCUT2D eigenvalue weighted by Crippen LogP contribution is 2.42. The molecule has 7 heteroatoms. The van der Waals surface area contributed by atoms with E-state index in [-0.39, 0.29) is 12.4 Å². The first-order chi connectivity index (χ1) is 12.9. The van der Waals surface area contributed by atoms with Crippen LogP contribution in [0.1, 0.15) is 22.4 Å². The molecule has 0 saturated heterocycles. The van der Waals surface area contributed by atoms with Crippen LogP contribution in [-0.4, -0.2) is 34.2 Å². The molecule has 0 fully saturated rings. The van der Waals surface area contributed by atoms with Gasteiger partial charge in [-0.25, -0.2) is 9.97 Å². The van der Waals surface area contributed by atoms with Crippen LogP contribution in [0.4, 0.5) is 17.3 Å². The molecule has 0 saturated carbocycles. The molecule has 3 heterocycles. The number of aromatic nitrogens is 3. The van der Waals surface area contributed by atoms with Gasteiger partial charge in [-0.2, -0.15) is 0 Å². The quantitative estimate of drug-likeness (QED) is 0.718. The first kappa shape index (κ1) is 17.3. The number of carbonyl (C=O) groups excluding carboxylic acids is 1. The Labute approximate surface area is 157 Å². The van der Waals surface area contributed by atoms with Crippen molar-refractivity contribution in [3.05, 3.63) is 40.8 Å². The molecule has 4 rings (SSSR count). The summed E-state index contributed by atoms with van der Waals surface area (Å²) < 4.78 is 7.25. The Morgan fingerprint density at radius 2 is 1.89 bits per heavy atom. The van der Waals surface area contributed by atoms with Crippen LogP contribution in [0, 0.1) is 20.8 Å². The highest BCUT2D eigenvalue weighted by molar-refractivity contribution is 6.00. The van der Waals surface area contributed by atoms with Crippen LogP contribution >= 0.6 is 0 Å². The van der Waals surface area contributed by atoms with Gasteiger partial charge in [0.1, 0.15) is 0 Å². The molecule has 0 radical (unpaired) electrons. The van der Waals surface area contributed by atoms with Crippen molar-refractivity contribution in [3.8, 4) is 0 Å². The van der Waals surface area contributed by atoms with E-state index in [0.717, 1.165) is 40.9 Å². The number of ether oxygens (including phenoxy) is 1. The second-order valence-electron chi connectivity index (χ2n) is 7.00. The van der Waals surface area contributed by atoms with Gasteiger partial charge >= 0.3 is 5.97 Å². The molecule has 0 amide bonds. The highest BCUT2D eigenvalue weighted by atomic mass is 16.5. The number of carbonyl (C=O) groups is 1. The Morgan fingerprint density at radius 3 is 2.56 bits per heavy atom. The SMILES string of the molecule is COC(=O)Cc1c(C)c2c3c(cc(C)n3CCN2c2ncc(N)cn2)c1C. The third-order valence-corrected chi connectivity index (χ3v) is 5.46. The molecule has 0 atom stereocenters. The third kappa shape index (κ3) is 2.61. The number of anilines is 3. The van der Waals surface area contributed by atoms with Crippen molar-refractivity contribution in [3.63, 3.8) is 0 Å². The summed E-state index contributed by atoms with van der Waals surface area (Å²) in [5.41, 5.74) is 12.9. The Kier molecular flexibility index (Phi) is 4.02. The molecule has 1 aliphatic rings. The smallest absolute Gasteiger partial charge is 0.309 e. The minimum absolute atomic E-state index is 0.241. The first-order valence-electron chi connectivity index (χ1n) is 8.96. The molecule has 3 aromatic rings. The summed E-state index contributed by atoms with van der Waals surface area (Å²) in [5.74, 6) is 0.376. The number of benzene rings is 1. The molecule has 2 aromatic heterocycles. The number of nitrogens with two attached hydrogens (primary N) is 1. The zero-order chi connectivity index (χ0) is 19.3. The summed E-state index contributed by atoms with van der Waals surface area (Å²) in [4.78, 5) is 23.0. The van der Waals surface area contributed by atoms with E-state index in [9.17, 15) is 4.79 Å². The van der Waals surface area contributed by atoms with E-state index in [0.29, 0.717) is 11.6 Å². The van der Waals surface area contributed by atoms with Gasteiger partial charge in [0, 0.05) is 24.2 Å². The van der Waals surface area contributed by atoms with Gasteiger partial charge in [0.2, 0.25) is 5.95 Å². The molecule has 2 N–H and O–H groups in total. The van der Waals surface area contributed by atoms with Crippen molar-refractivity contribution in [1.82, 2.24) is 14.5 Å². The Bertz CT molecular complexity index is 1050. The lowest BCUT2D eigenvalue weighted by molar-refractivity contribution is -0.139. The van der Waals surface area contributed by atoms with E-state index < -0.39 is 0 Å². The van der Waals surface area contributed by atoms with Crippen LogP contribution in [-0.2, 0) is 22.5 Å². The van der Waals surface area contributed by atoms with E-state index in [1.54, 1.807) is 12.4 Å². The lowest BCUT2D eigenvalue weighted by Gasteiger charge is -2.32. The maximum Gasteiger partial charge on any atom is 0.309 e. The normalized spacial score (nSPS) is 13.3. The van der Waals surface area contributed by atoms with Crippen LogP contribution < -0.4 is 10.6 Å². The van der Waals surface area contributed by atoms with Crippen molar-refractivity contribution in [2.45, 2.75) is 33.7 Å². The van der Waals surface area contributed by atoms with E-state index in [1.807, 2.05) is 0 Å². The average Bonchev–Trinajstić information content (AvgIpc) is 3.01. The number of aryl methyl sites for hydroxylation is 2. The molecule has 0 aliphatic carbocycles. The summed E-state index contributed by atoms with van der Waals surface area (Å²) in [7, 11) is 1.42. The van der Waals surface area contributed by atoms with E-state index in [1.165, 1.54) is 18.3 Å². The first-order valence-corrected chi connectivity index (χ1v) is 8.96. The van der Waals surface area contributed by atoms with Gasteiger partial charge in [0.15, 0.2) is 0 Å². The average molecular weight is 365 g/mol. The van der Waals surface area contributed by atoms with E-state index >= 15 is 0 Å². The van der Waals surface area contributed by atoms with Gasteiger partial charge in [0.25, 0.3) is 0 Å². The van der Waals surface area contributed by atoms with Crippen molar-refractivity contribution in [2.75, 3.05) is 24.3 Å². The maximum atomic E-state index is 12.0. The maximum absolute atomic E-state index is 12.0. The number of methoxy groups -OCH3 is 1. The largest absolute Gasteiger partial charge is 0.469 e. The molecule has 0 bridgehead atoms. The van der Waals surface area contributed by atoms with Crippen LogP contribution in [0.2, 0.25) is 0 Å². The van der Waals surface area contributed by atoms with Crippen molar-refractivity contribution < 1.29 is 9.53 Å². The molecule has 0 unspecified atom stereocenters. The molecule has 0 spiro atoms. The highest BCUT2D eigenvalue weighted by Gasteiger charge is 2.28. The van der Waals surface area contributed by atoms with Crippen molar-refractivity contribution >= 4 is 34.2 Å². The van der Waals surface area contributed by atoms with E-state index in [4.69, 9.17) is 10.5 Å². The fourth-order valence-electron chi connectivity index (χ4n) is 4.06. The molecule has 27 heavy (non-hydrogen) atoms. The van der Waals surface area contributed by atoms with Gasteiger partial charge in [-0.15, -0.1) is 0 Å². The zero-order valence-electron chi connectivity index (χ0n) is 16.0. The van der Waals surface area contributed by atoms with Crippen LogP contribution in [0.5, 0.6) is 0 Å². The summed E-state index contributed by atoms with van der Waals surface area (Å²) in [6, 6.07) is 2.20. The minimum atomic E-state index is -0.241. The van der Waals surface area contributed by atoms with Gasteiger partial charge < -0.3 is 19.9 Å². The third-order valence-electron chi connectivity index (χ3n) is 5.46. The monoisotopic (exact) mass is 365 g/mol. The molecule has 7 nitrogen and oxygen atoms in total. The van der Waals surface area contributed by atoms with Crippen LogP contribution in [0.3, 0.4) is 0 Å². The minimum Gasteiger partial charge on any atom is -0.469 e.